The fourth-order valence-corrected chi connectivity index (χ4v) is 1.88. The highest BCUT2D eigenvalue weighted by atomic mass is 15.2. The van der Waals surface area contributed by atoms with E-state index in [1.165, 1.54) is 19.4 Å². The summed E-state index contributed by atoms with van der Waals surface area (Å²) in [5.41, 5.74) is 0. The molecule has 0 saturated heterocycles. The predicted molar refractivity (Wildman–Crippen MR) is 69.0 cm³/mol. The summed E-state index contributed by atoms with van der Waals surface area (Å²) in [5, 5.41) is 3.26. The Kier molecular flexibility index (Phi) is 3.65. The fraction of sp³-hybridized carbons (Fsp3) is 0.615. The van der Waals surface area contributed by atoms with E-state index in [2.05, 4.69) is 41.2 Å². The van der Waals surface area contributed by atoms with Crippen molar-refractivity contribution in [3.8, 4) is 0 Å². The summed E-state index contributed by atoms with van der Waals surface area (Å²) >= 11 is 0. The largest absolute Gasteiger partial charge is 0.370 e. The molecule has 0 radical (unpaired) electrons. The maximum absolute atomic E-state index is 4.63. The number of anilines is 2. The van der Waals surface area contributed by atoms with E-state index in [0.717, 1.165) is 30.6 Å². The van der Waals surface area contributed by atoms with Crippen LogP contribution in [0.25, 0.3) is 0 Å². The molecule has 1 saturated carbocycles. The minimum Gasteiger partial charge on any atom is -0.370 e. The third kappa shape index (κ3) is 2.87. The van der Waals surface area contributed by atoms with Crippen LogP contribution in [0.4, 0.5) is 11.6 Å². The maximum atomic E-state index is 4.63. The van der Waals surface area contributed by atoms with Crippen LogP contribution in [0.2, 0.25) is 0 Å². The van der Waals surface area contributed by atoms with Crippen LogP contribution in [-0.4, -0.2) is 24.6 Å². The van der Waals surface area contributed by atoms with Crippen molar-refractivity contribution in [3.05, 3.63) is 18.2 Å². The first kappa shape index (κ1) is 11.2. The van der Waals surface area contributed by atoms with Crippen LogP contribution in [0.5, 0.6) is 0 Å². The van der Waals surface area contributed by atoms with Gasteiger partial charge in [-0.25, -0.2) is 4.98 Å². The molecule has 3 nitrogen and oxygen atoms in total. The summed E-state index contributed by atoms with van der Waals surface area (Å²) in [6, 6.07) is 6.21. The first-order chi connectivity index (χ1) is 7.83. The second kappa shape index (κ2) is 5.19. The van der Waals surface area contributed by atoms with Crippen LogP contribution in [0.3, 0.4) is 0 Å². The lowest BCUT2D eigenvalue weighted by atomic mass is 10.3. The zero-order valence-electron chi connectivity index (χ0n) is 10.2. The number of rotatable bonds is 6. The molecule has 0 aliphatic heterocycles. The number of nitrogens with one attached hydrogen (secondary N) is 1. The van der Waals surface area contributed by atoms with E-state index in [0.29, 0.717) is 0 Å². The van der Waals surface area contributed by atoms with Gasteiger partial charge in [0.15, 0.2) is 0 Å². The van der Waals surface area contributed by atoms with E-state index in [1.807, 2.05) is 6.07 Å². The molecule has 3 heteroatoms. The molecule has 16 heavy (non-hydrogen) atoms. The van der Waals surface area contributed by atoms with Crippen molar-refractivity contribution in [1.82, 2.24) is 4.98 Å². The highest BCUT2D eigenvalue weighted by molar-refractivity contribution is 5.47. The number of hydrogen-bond donors (Lipinski definition) is 1. The highest BCUT2D eigenvalue weighted by Gasteiger charge is 2.24. The van der Waals surface area contributed by atoms with Crippen molar-refractivity contribution in [2.75, 3.05) is 29.9 Å². The van der Waals surface area contributed by atoms with Crippen LogP contribution in [0.1, 0.15) is 26.7 Å². The van der Waals surface area contributed by atoms with Crippen molar-refractivity contribution in [1.29, 1.82) is 0 Å². The van der Waals surface area contributed by atoms with Crippen molar-refractivity contribution >= 4 is 11.6 Å². The van der Waals surface area contributed by atoms with Gasteiger partial charge in [-0.2, -0.15) is 0 Å². The topological polar surface area (TPSA) is 28.2 Å². The Bertz CT molecular complexity index is 334. The van der Waals surface area contributed by atoms with Gasteiger partial charge in [0.2, 0.25) is 0 Å². The molecule has 1 aliphatic rings. The fourth-order valence-electron chi connectivity index (χ4n) is 1.88. The van der Waals surface area contributed by atoms with Gasteiger partial charge in [-0.05, 0) is 44.7 Å². The molecule has 1 heterocycles. The minimum atomic E-state index is 0.907. The van der Waals surface area contributed by atoms with E-state index in [1.54, 1.807) is 0 Å². The maximum Gasteiger partial charge on any atom is 0.130 e. The Balaban J connectivity index is 2.06. The zero-order valence-corrected chi connectivity index (χ0v) is 10.2. The van der Waals surface area contributed by atoms with E-state index in [-0.39, 0.29) is 0 Å². The quantitative estimate of drug-likeness (QED) is 0.797. The van der Waals surface area contributed by atoms with Gasteiger partial charge in [-0.1, -0.05) is 6.07 Å². The van der Waals surface area contributed by atoms with E-state index >= 15 is 0 Å². The van der Waals surface area contributed by atoms with Gasteiger partial charge in [0.25, 0.3) is 0 Å². The second-order valence-electron chi connectivity index (χ2n) is 4.39. The Morgan fingerprint density at radius 3 is 2.81 bits per heavy atom. The van der Waals surface area contributed by atoms with Gasteiger partial charge in [0.05, 0.1) is 0 Å². The van der Waals surface area contributed by atoms with Gasteiger partial charge in [-0.15, -0.1) is 0 Å². The van der Waals surface area contributed by atoms with Crippen molar-refractivity contribution in [2.45, 2.75) is 26.7 Å². The Hall–Kier alpha value is -1.25. The van der Waals surface area contributed by atoms with Crippen LogP contribution in [0.15, 0.2) is 18.2 Å². The van der Waals surface area contributed by atoms with Crippen LogP contribution in [-0.2, 0) is 0 Å². The van der Waals surface area contributed by atoms with Crippen molar-refractivity contribution in [2.24, 2.45) is 5.92 Å². The molecule has 0 aromatic carbocycles. The summed E-state index contributed by atoms with van der Waals surface area (Å²) in [5.74, 6) is 2.99. The number of nitrogens with zero attached hydrogens (tertiary/aromatic N) is 2. The molecular weight excluding hydrogens is 198 g/mol. The van der Waals surface area contributed by atoms with Crippen molar-refractivity contribution < 1.29 is 0 Å². The molecule has 0 spiro atoms. The molecule has 0 amide bonds. The predicted octanol–water partition coefficient (Wildman–Crippen LogP) is 2.75. The van der Waals surface area contributed by atoms with Gasteiger partial charge in [-0.3, -0.25) is 0 Å². The van der Waals surface area contributed by atoms with Crippen LogP contribution >= 0.6 is 0 Å². The zero-order chi connectivity index (χ0) is 11.4. The third-order valence-corrected chi connectivity index (χ3v) is 2.97. The Morgan fingerprint density at radius 1 is 1.38 bits per heavy atom. The van der Waals surface area contributed by atoms with Gasteiger partial charge in [0.1, 0.15) is 11.6 Å². The van der Waals surface area contributed by atoms with Gasteiger partial charge in [0, 0.05) is 19.6 Å². The molecule has 1 aromatic heterocycles. The van der Waals surface area contributed by atoms with Gasteiger partial charge >= 0.3 is 0 Å². The molecule has 0 atom stereocenters. The van der Waals surface area contributed by atoms with E-state index in [9.17, 15) is 0 Å². The average Bonchev–Trinajstić information content (AvgIpc) is 3.10. The molecule has 2 rings (SSSR count). The molecule has 1 aliphatic carbocycles. The Labute approximate surface area is 97.9 Å². The first-order valence-corrected chi connectivity index (χ1v) is 6.29. The molecular formula is C13H21N3. The smallest absolute Gasteiger partial charge is 0.130 e. The summed E-state index contributed by atoms with van der Waals surface area (Å²) in [6.45, 7) is 7.42. The van der Waals surface area contributed by atoms with Gasteiger partial charge < -0.3 is 10.2 Å². The molecule has 0 unspecified atom stereocenters. The van der Waals surface area contributed by atoms with Crippen molar-refractivity contribution in [3.63, 3.8) is 0 Å². The summed E-state index contributed by atoms with van der Waals surface area (Å²) in [4.78, 5) is 7.00. The molecule has 0 bridgehead atoms. The number of hydrogen-bond acceptors (Lipinski definition) is 3. The average molecular weight is 219 g/mol. The third-order valence-electron chi connectivity index (χ3n) is 2.97. The monoisotopic (exact) mass is 219 g/mol. The lowest BCUT2D eigenvalue weighted by Crippen LogP contribution is -2.26. The molecule has 1 fully saturated rings. The number of aromatic nitrogens is 1. The summed E-state index contributed by atoms with van der Waals surface area (Å²) in [6.07, 6.45) is 2.78. The Morgan fingerprint density at radius 2 is 2.19 bits per heavy atom. The van der Waals surface area contributed by atoms with E-state index in [4.69, 9.17) is 0 Å². The normalized spacial score (nSPS) is 14.9. The van der Waals surface area contributed by atoms with E-state index < -0.39 is 0 Å². The minimum absolute atomic E-state index is 0.907. The standard InChI is InChI=1S/C13H21N3/c1-3-14-12-6-5-7-13(15-12)16(4-2)10-11-8-9-11/h5-7,11H,3-4,8-10H2,1-2H3,(H,14,15). The molecule has 1 N–H and O–H groups in total. The lowest BCUT2D eigenvalue weighted by Gasteiger charge is -2.22. The second-order valence-corrected chi connectivity index (χ2v) is 4.39. The summed E-state index contributed by atoms with van der Waals surface area (Å²) < 4.78 is 0. The molecule has 88 valence electrons. The number of pyridine rings is 1. The first-order valence-electron chi connectivity index (χ1n) is 6.29. The summed E-state index contributed by atoms with van der Waals surface area (Å²) in [7, 11) is 0. The lowest BCUT2D eigenvalue weighted by molar-refractivity contribution is 0.732. The highest BCUT2D eigenvalue weighted by Crippen LogP contribution is 2.31. The molecule has 1 aromatic rings. The van der Waals surface area contributed by atoms with Crippen LogP contribution < -0.4 is 10.2 Å². The SMILES string of the molecule is CCNc1cccc(N(CC)CC2CC2)n1. The van der Waals surface area contributed by atoms with Crippen LogP contribution in [0, 0.1) is 5.92 Å².